The molecule has 5 aromatic rings. The Hall–Kier alpha value is -5.46. The molecule has 0 aliphatic heterocycles. The summed E-state index contributed by atoms with van der Waals surface area (Å²) in [6.07, 6.45) is 3.85. The molecule has 0 radical (unpaired) electrons. The molecule has 0 saturated heterocycles. The number of hydrogen-bond acceptors (Lipinski definition) is 6. The first-order valence-electron chi connectivity index (χ1n) is 14.9. The van der Waals surface area contributed by atoms with Gasteiger partial charge in [0.05, 0.1) is 12.6 Å². The van der Waals surface area contributed by atoms with Crippen LogP contribution >= 0.6 is 0 Å². The number of carbonyl (C=O) groups excluding carboxylic acids is 3. The third-order valence-corrected chi connectivity index (χ3v) is 7.90. The number of aromatic amines is 2. The lowest BCUT2D eigenvalue weighted by Gasteiger charge is -2.25. The van der Waals surface area contributed by atoms with Crippen molar-refractivity contribution in [3.05, 3.63) is 108 Å². The van der Waals surface area contributed by atoms with Gasteiger partial charge in [-0.15, -0.1) is 0 Å². The first-order chi connectivity index (χ1) is 22.2. The summed E-state index contributed by atoms with van der Waals surface area (Å²) in [5, 5.41) is 28.5. The second kappa shape index (κ2) is 14.5. The zero-order chi connectivity index (χ0) is 32.6. The lowest BCUT2D eigenvalue weighted by molar-refractivity contribution is -0.143. The van der Waals surface area contributed by atoms with Crippen molar-refractivity contribution in [1.29, 1.82) is 0 Å². The van der Waals surface area contributed by atoms with Crippen molar-refractivity contribution in [2.45, 2.75) is 43.4 Å². The molecule has 0 bridgehead atoms. The minimum absolute atomic E-state index is 0.00539. The van der Waals surface area contributed by atoms with E-state index < -0.39 is 54.5 Å². The second-order valence-electron chi connectivity index (χ2n) is 11.1. The van der Waals surface area contributed by atoms with Crippen LogP contribution in [0.5, 0.6) is 0 Å². The smallest absolute Gasteiger partial charge is 0.328 e. The Morgan fingerprint density at radius 3 is 1.67 bits per heavy atom. The summed E-state index contributed by atoms with van der Waals surface area (Å²) >= 11 is 0. The van der Waals surface area contributed by atoms with Gasteiger partial charge in [0.1, 0.15) is 18.1 Å². The molecular weight excluding hydrogens is 588 g/mol. The maximum Gasteiger partial charge on any atom is 0.328 e. The zero-order valence-electron chi connectivity index (χ0n) is 24.9. The summed E-state index contributed by atoms with van der Waals surface area (Å²) in [5.74, 6) is -3.44. The number of hydrogen-bond donors (Lipinski definition) is 8. The number of amides is 3. The lowest BCUT2D eigenvalue weighted by atomic mass is 10.0. The molecule has 4 atom stereocenters. The number of rotatable bonds is 14. The van der Waals surface area contributed by atoms with Crippen molar-refractivity contribution in [3.8, 4) is 0 Å². The molecule has 9 N–H and O–H groups in total. The second-order valence-corrected chi connectivity index (χ2v) is 11.1. The van der Waals surface area contributed by atoms with E-state index in [9.17, 15) is 29.4 Å². The fraction of sp³-hybridized carbons (Fsp3) is 0.235. The molecule has 2 aromatic heterocycles. The molecule has 0 fully saturated rings. The van der Waals surface area contributed by atoms with E-state index in [-0.39, 0.29) is 19.3 Å². The van der Waals surface area contributed by atoms with Gasteiger partial charge in [-0.3, -0.25) is 14.4 Å². The Labute approximate surface area is 264 Å². The SMILES string of the molecule is NC(Cc1c[nH]c2ccccc12)C(=O)NC(Cc1ccccc1)C(=O)NC(Cc1c[nH]c2ccccc12)C(=O)NC(CO)C(=O)O. The largest absolute Gasteiger partial charge is 0.480 e. The van der Waals surface area contributed by atoms with Crippen LogP contribution in [0.15, 0.2) is 91.3 Å². The van der Waals surface area contributed by atoms with Gasteiger partial charge in [-0.2, -0.15) is 0 Å². The normalized spacial score (nSPS) is 13.9. The van der Waals surface area contributed by atoms with Crippen LogP contribution in [-0.2, 0) is 38.4 Å². The molecule has 2 heterocycles. The topological polar surface area (TPSA) is 202 Å². The average molecular weight is 625 g/mol. The van der Waals surface area contributed by atoms with Gasteiger partial charge >= 0.3 is 5.97 Å². The van der Waals surface area contributed by atoms with Crippen LogP contribution in [0.3, 0.4) is 0 Å². The molecule has 4 unspecified atom stereocenters. The highest BCUT2D eigenvalue weighted by molar-refractivity contribution is 5.95. The van der Waals surface area contributed by atoms with Crippen LogP contribution in [0.1, 0.15) is 16.7 Å². The van der Waals surface area contributed by atoms with Crippen molar-refractivity contribution in [2.24, 2.45) is 5.73 Å². The number of aliphatic carboxylic acids is 1. The van der Waals surface area contributed by atoms with Crippen molar-refractivity contribution >= 4 is 45.5 Å². The molecule has 0 aliphatic rings. The van der Waals surface area contributed by atoms with Crippen molar-refractivity contribution in [1.82, 2.24) is 25.9 Å². The first kappa shape index (κ1) is 31.9. The highest BCUT2D eigenvalue weighted by atomic mass is 16.4. The maximum absolute atomic E-state index is 13.9. The number of para-hydroxylation sites is 2. The molecule has 3 amide bonds. The van der Waals surface area contributed by atoms with E-state index in [0.717, 1.165) is 32.9 Å². The van der Waals surface area contributed by atoms with Crippen LogP contribution in [0.25, 0.3) is 21.8 Å². The Balaban J connectivity index is 1.37. The quantitative estimate of drug-likeness (QED) is 0.0915. The van der Waals surface area contributed by atoms with Crippen molar-refractivity contribution < 1.29 is 29.4 Å². The number of aliphatic hydroxyl groups excluding tert-OH is 1. The van der Waals surface area contributed by atoms with Gasteiger partial charge in [0.25, 0.3) is 0 Å². The van der Waals surface area contributed by atoms with E-state index in [1.807, 2.05) is 78.9 Å². The summed E-state index contributed by atoms with van der Waals surface area (Å²) in [7, 11) is 0. The summed E-state index contributed by atoms with van der Waals surface area (Å²) in [6.45, 7) is -0.837. The minimum atomic E-state index is -1.57. The highest BCUT2D eigenvalue weighted by Crippen LogP contribution is 2.20. The van der Waals surface area contributed by atoms with Crippen LogP contribution in [0.2, 0.25) is 0 Å². The molecule has 0 saturated carbocycles. The van der Waals surface area contributed by atoms with E-state index in [0.29, 0.717) is 5.56 Å². The predicted octanol–water partition coefficient (Wildman–Crippen LogP) is 1.54. The number of nitrogens with two attached hydrogens (primary N) is 1. The number of carboxylic acids is 1. The number of carbonyl (C=O) groups is 4. The molecule has 0 aliphatic carbocycles. The molecule has 12 heteroatoms. The summed E-state index contributed by atoms with van der Waals surface area (Å²) in [6, 6.07) is 19.2. The Kier molecular flexibility index (Phi) is 10.1. The van der Waals surface area contributed by atoms with Crippen LogP contribution in [0.4, 0.5) is 0 Å². The minimum Gasteiger partial charge on any atom is -0.480 e. The van der Waals surface area contributed by atoms with E-state index in [2.05, 4.69) is 25.9 Å². The summed E-state index contributed by atoms with van der Waals surface area (Å²) < 4.78 is 0. The summed E-state index contributed by atoms with van der Waals surface area (Å²) in [4.78, 5) is 58.5. The Morgan fingerprint density at radius 2 is 1.11 bits per heavy atom. The average Bonchev–Trinajstić information content (AvgIpc) is 3.67. The first-order valence-corrected chi connectivity index (χ1v) is 14.9. The lowest BCUT2D eigenvalue weighted by Crippen LogP contribution is -2.58. The molecule has 238 valence electrons. The molecule has 46 heavy (non-hydrogen) atoms. The van der Waals surface area contributed by atoms with Gasteiger partial charge in [-0.1, -0.05) is 66.7 Å². The number of nitrogens with one attached hydrogen (secondary N) is 5. The van der Waals surface area contributed by atoms with Gasteiger partial charge in [-0.25, -0.2) is 4.79 Å². The Morgan fingerprint density at radius 1 is 0.630 bits per heavy atom. The van der Waals surface area contributed by atoms with Gasteiger partial charge in [0.15, 0.2) is 0 Å². The van der Waals surface area contributed by atoms with E-state index in [1.54, 1.807) is 12.4 Å². The maximum atomic E-state index is 13.9. The van der Waals surface area contributed by atoms with E-state index >= 15 is 0 Å². The number of fused-ring (bicyclic) bond motifs is 2. The Bertz CT molecular complexity index is 1830. The fourth-order valence-corrected chi connectivity index (χ4v) is 5.43. The van der Waals surface area contributed by atoms with Gasteiger partial charge in [0, 0.05) is 47.0 Å². The molecule has 5 rings (SSSR count). The third-order valence-electron chi connectivity index (χ3n) is 7.90. The van der Waals surface area contributed by atoms with Crippen LogP contribution < -0.4 is 21.7 Å². The van der Waals surface area contributed by atoms with Crippen molar-refractivity contribution in [3.63, 3.8) is 0 Å². The highest BCUT2D eigenvalue weighted by Gasteiger charge is 2.31. The van der Waals surface area contributed by atoms with Gasteiger partial charge in [-0.05, 0) is 35.2 Å². The van der Waals surface area contributed by atoms with Gasteiger partial charge < -0.3 is 41.9 Å². The molecule has 3 aromatic carbocycles. The zero-order valence-corrected chi connectivity index (χ0v) is 24.9. The number of carboxylic acid groups (broad SMARTS) is 1. The third kappa shape index (κ3) is 7.60. The van der Waals surface area contributed by atoms with E-state index in [4.69, 9.17) is 5.73 Å². The number of H-pyrrole nitrogens is 2. The molecule has 0 spiro atoms. The number of aromatic nitrogens is 2. The molecule has 12 nitrogen and oxygen atoms in total. The summed E-state index contributed by atoms with van der Waals surface area (Å²) in [5.41, 5.74) is 10.4. The van der Waals surface area contributed by atoms with Crippen molar-refractivity contribution in [2.75, 3.05) is 6.61 Å². The van der Waals surface area contributed by atoms with Crippen LogP contribution in [-0.4, -0.2) is 74.6 Å². The van der Waals surface area contributed by atoms with Gasteiger partial charge in [0.2, 0.25) is 17.7 Å². The van der Waals surface area contributed by atoms with E-state index in [1.165, 1.54) is 0 Å². The fourth-order valence-electron chi connectivity index (χ4n) is 5.43. The number of aliphatic hydroxyl groups is 1. The van der Waals surface area contributed by atoms with Crippen LogP contribution in [0, 0.1) is 0 Å². The number of benzene rings is 3. The molecular formula is C34H36N6O6. The monoisotopic (exact) mass is 624 g/mol. The predicted molar refractivity (Wildman–Crippen MR) is 173 cm³/mol. The standard InChI is InChI=1S/C34H36N6O6/c35-25(15-21-17-36-26-12-6-4-10-23(21)26)31(42)38-28(14-20-8-2-1-3-9-20)32(43)39-29(33(44)40-30(19-41)34(45)46)16-22-18-37-27-13-7-5-11-24(22)27/h1-13,17-18,25,28-30,36-37,41H,14-16,19,35H2,(H,38,42)(H,39,43)(H,40,44)(H,45,46).